The molecule has 0 atom stereocenters. The standard InChI is InChI=1S/C27H30ClN7O4S2.C26H28ClN7O5S2.C26H28ClN7O4S2/c1-18-31-22-16-19(29-12-5-15-34-13-3-2-4-14-34)6-8-21(22)26(36)35(18)24-10-7-20(17-30-24)32-27(37)33-41(38,39)25-11-9-23(28)40-25;1-17-30-21-15-18(28-9-2-10-33-11-13-39-14-12-33)3-5-20(21)25(35)34(17)23-7-4-19(16-29-23)31-26(36)32-41(37,38)24-8-6-22(27)40-24;1-17-30-21-15-18(28-11-4-14-33-12-2-3-13-33)5-7-20(21)25(35)34(17)23-9-6-19(16-29-23)31-26(36)32-40(37,38)24-10-8-22(27)39-24/h6-11,16-17,29H,2-5,12-15H2,1H3,(H2,32,33,37);3-8,15-16,28H,2,9-14H2,1H3,(H2,31,32,36);5-10,15-16,28H,2-4,11-14H2,1H3,(H2,31,32,36). The monoisotopic (exact) mass is 1830 g/mol. The molecule has 3 aliphatic heterocycles. The number of amides is 6. The van der Waals surface area contributed by atoms with E-state index in [0.717, 1.165) is 136 Å². The first-order chi connectivity index (χ1) is 58.6. The molecule has 0 spiro atoms. The molecule has 0 unspecified atom stereocenters. The van der Waals surface area contributed by atoms with Gasteiger partial charge in [-0.1, -0.05) is 41.2 Å². The van der Waals surface area contributed by atoms with Crippen molar-refractivity contribution >= 4 is 184 Å². The van der Waals surface area contributed by atoms with Gasteiger partial charge in [0.05, 0.1) is 94.6 Å². The number of thiophene rings is 3. The fourth-order valence-corrected chi connectivity index (χ4v) is 20.9. The first-order valence-electron chi connectivity index (χ1n) is 38.8. The van der Waals surface area contributed by atoms with Crippen molar-refractivity contribution in [2.45, 2.75) is 84.8 Å². The number of halogens is 3. The minimum atomic E-state index is -4.07. The van der Waals surface area contributed by atoms with Gasteiger partial charge in [0.15, 0.2) is 0 Å². The Labute approximate surface area is 728 Å². The van der Waals surface area contributed by atoms with E-state index in [1.165, 1.54) is 151 Å². The van der Waals surface area contributed by atoms with Gasteiger partial charge in [-0.25, -0.2) is 97.4 Å². The first-order valence-corrected chi connectivity index (χ1v) is 46.9. The maximum atomic E-state index is 13.4. The summed E-state index contributed by atoms with van der Waals surface area (Å²) >= 11 is 19.9. The lowest BCUT2D eigenvalue weighted by Gasteiger charge is -2.26. The molecule has 9 aromatic heterocycles. The summed E-state index contributed by atoms with van der Waals surface area (Å²) in [7, 11) is -12.2. The number of carbonyl (C=O) groups is 3. The number of ether oxygens (including phenoxy) is 1. The van der Waals surface area contributed by atoms with Gasteiger partial charge in [-0.15, -0.1) is 34.0 Å². The van der Waals surface area contributed by atoms with Crippen molar-refractivity contribution in [3.05, 3.63) is 208 Å². The molecule has 0 aliphatic carbocycles. The minimum Gasteiger partial charge on any atom is -0.385 e. The average molecular weight is 1840 g/mol. The molecule has 43 heteroatoms. The van der Waals surface area contributed by atoms with Crippen LogP contribution in [0.1, 0.15) is 68.8 Å². The molecular formula is C79H86Cl3N21O13S6. The number of aromatic nitrogens is 9. The van der Waals surface area contributed by atoms with Crippen molar-refractivity contribution in [3.8, 4) is 17.5 Å². The average Bonchev–Trinajstić information content (AvgIpc) is 1.10. The second-order valence-electron chi connectivity index (χ2n) is 28.4. The lowest BCUT2D eigenvalue weighted by molar-refractivity contribution is 0.0378. The molecule has 122 heavy (non-hydrogen) atoms. The molecule has 34 nitrogen and oxygen atoms in total. The van der Waals surface area contributed by atoms with Crippen molar-refractivity contribution in [1.29, 1.82) is 0 Å². The number of sulfonamides is 3. The second-order valence-corrected chi connectivity index (χ2v) is 39.3. The van der Waals surface area contributed by atoms with Crippen LogP contribution in [0.4, 0.5) is 48.5 Å². The quantitative estimate of drug-likeness (QED) is 0.0216. The molecule has 12 aromatic rings. The number of carbonyl (C=O) groups excluding carboxylic acids is 3. The number of hydrogen-bond acceptors (Lipinski definition) is 28. The maximum absolute atomic E-state index is 13.4. The molecule has 6 amide bonds. The van der Waals surface area contributed by atoms with E-state index in [9.17, 15) is 54.0 Å². The van der Waals surface area contributed by atoms with Crippen LogP contribution in [0.5, 0.6) is 0 Å². The predicted molar refractivity (Wildman–Crippen MR) is 478 cm³/mol. The van der Waals surface area contributed by atoms with Gasteiger partial charge in [-0.05, 0) is 239 Å². The molecule has 9 N–H and O–H groups in total. The van der Waals surface area contributed by atoms with Crippen LogP contribution in [-0.4, -0.2) is 193 Å². The normalized spacial score (nSPS) is 14.1. The van der Waals surface area contributed by atoms with Crippen LogP contribution < -0.4 is 62.7 Å². The number of urea groups is 3. The minimum absolute atomic E-state index is 0.0828. The Morgan fingerprint density at radius 2 is 0.672 bits per heavy atom. The summed E-state index contributed by atoms with van der Waals surface area (Å²) in [5.74, 6) is 2.28. The van der Waals surface area contributed by atoms with Gasteiger partial charge in [0, 0.05) is 49.8 Å². The highest BCUT2D eigenvalue weighted by Gasteiger charge is 2.25. The van der Waals surface area contributed by atoms with E-state index in [0.29, 0.717) is 67.6 Å². The smallest absolute Gasteiger partial charge is 0.333 e. The highest BCUT2D eigenvalue weighted by atomic mass is 35.5. The Morgan fingerprint density at radius 3 is 0.951 bits per heavy atom. The zero-order chi connectivity index (χ0) is 86.2. The maximum Gasteiger partial charge on any atom is 0.333 e. The summed E-state index contributed by atoms with van der Waals surface area (Å²) in [6, 6.07) is 31.0. The summed E-state index contributed by atoms with van der Waals surface area (Å²) in [6.07, 6.45) is 13.5. The van der Waals surface area contributed by atoms with Crippen LogP contribution in [0, 0.1) is 20.8 Å². The largest absolute Gasteiger partial charge is 0.385 e. The van der Waals surface area contributed by atoms with E-state index in [1.54, 1.807) is 51.1 Å². The van der Waals surface area contributed by atoms with Gasteiger partial charge < -0.3 is 46.4 Å². The molecule has 3 saturated heterocycles. The van der Waals surface area contributed by atoms with E-state index < -0.39 is 48.2 Å². The Balaban J connectivity index is 0.000000158. The Bertz CT molecular complexity index is 6090. The van der Waals surface area contributed by atoms with Crippen LogP contribution in [0.15, 0.2) is 173 Å². The molecule has 0 bridgehead atoms. The number of fused-ring (bicyclic) bond motifs is 3. The first kappa shape index (κ1) is 89.2. The lowest BCUT2D eigenvalue weighted by Crippen LogP contribution is -2.37. The molecule has 3 aliphatic rings. The number of aryl methyl sites for hydroxylation is 3. The number of likely N-dealkylation sites (tertiary alicyclic amines) is 2. The highest BCUT2D eigenvalue weighted by Crippen LogP contribution is 2.30. The van der Waals surface area contributed by atoms with Crippen LogP contribution in [0.25, 0.3) is 50.2 Å². The topological polar surface area (TPSA) is 424 Å². The third-order valence-corrected chi connectivity index (χ3v) is 28.8. The number of morpholine rings is 1. The Morgan fingerprint density at radius 1 is 0.385 bits per heavy atom. The number of piperidine rings is 1. The predicted octanol–water partition coefficient (Wildman–Crippen LogP) is 12.3. The summed E-state index contributed by atoms with van der Waals surface area (Å²) in [4.78, 5) is 111. The van der Waals surface area contributed by atoms with Gasteiger partial charge in [-0.2, -0.15) is 0 Å². The van der Waals surface area contributed by atoms with Crippen LogP contribution in [0.2, 0.25) is 13.0 Å². The molecule has 3 fully saturated rings. The summed E-state index contributed by atoms with van der Waals surface area (Å²) in [6.45, 7) is 19.1. The number of pyridine rings is 3. The number of rotatable bonds is 27. The third-order valence-electron chi connectivity index (χ3n) is 19.6. The van der Waals surface area contributed by atoms with E-state index in [1.807, 2.05) is 50.6 Å². The molecular weight excluding hydrogens is 1750 g/mol. The Kier molecular flexibility index (Phi) is 29.7. The summed E-state index contributed by atoms with van der Waals surface area (Å²) < 4.78 is 89.9. The fourth-order valence-electron chi connectivity index (χ4n) is 13.7. The molecule has 0 radical (unpaired) electrons. The number of anilines is 6. The van der Waals surface area contributed by atoms with Crippen LogP contribution in [-0.2, 0) is 34.8 Å². The van der Waals surface area contributed by atoms with Crippen molar-refractivity contribution in [2.75, 3.05) is 124 Å². The van der Waals surface area contributed by atoms with Gasteiger partial charge in [-0.3, -0.25) is 19.3 Å². The van der Waals surface area contributed by atoms with Crippen molar-refractivity contribution in [3.63, 3.8) is 0 Å². The molecule has 3 aromatic carbocycles. The zero-order valence-corrected chi connectivity index (χ0v) is 73.3. The lowest BCUT2D eigenvalue weighted by atomic mass is 10.1. The third kappa shape index (κ3) is 23.4. The van der Waals surface area contributed by atoms with E-state index in [-0.39, 0.29) is 59.4 Å². The SMILES string of the molecule is Cc1nc2cc(NCCCN3CCCC3)ccc2c(=O)n1-c1ccc(NC(=O)NS(=O)(=O)c2ccc(Cl)s2)cn1.Cc1nc2cc(NCCCN3CCCCC3)ccc2c(=O)n1-c1ccc(NC(=O)NS(=O)(=O)c2ccc(Cl)s2)cn1.Cc1nc2cc(NCCCN3CCOCC3)ccc2c(=O)n1-c1ccc(NC(=O)NS(=O)(=O)c2ccc(Cl)s2)cn1. The zero-order valence-electron chi connectivity index (χ0n) is 66.2. The van der Waals surface area contributed by atoms with Gasteiger partial charge in [0.2, 0.25) is 0 Å². The molecule has 642 valence electrons. The number of nitrogens with zero attached hydrogens (tertiary/aromatic N) is 12. The summed E-state index contributed by atoms with van der Waals surface area (Å²) in [5.41, 5.74) is 4.36. The van der Waals surface area contributed by atoms with Gasteiger partial charge in [0.1, 0.15) is 47.6 Å². The number of benzene rings is 3. The van der Waals surface area contributed by atoms with Crippen molar-refractivity contribution in [2.24, 2.45) is 0 Å². The Hall–Kier alpha value is -10.6. The number of hydrogen-bond donors (Lipinski definition) is 9. The number of nitrogens with one attached hydrogen (secondary N) is 9. The van der Waals surface area contributed by atoms with Crippen molar-refractivity contribution in [1.82, 2.24) is 72.5 Å². The molecule has 12 heterocycles. The highest BCUT2D eigenvalue weighted by molar-refractivity contribution is 7.93. The van der Waals surface area contributed by atoms with Crippen LogP contribution in [0.3, 0.4) is 0 Å². The van der Waals surface area contributed by atoms with E-state index in [4.69, 9.17) is 39.5 Å². The van der Waals surface area contributed by atoms with Crippen molar-refractivity contribution < 1.29 is 44.4 Å². The summed E-state index contributed by atoms with van der Waals surface area (Å²) in [5, 5.41) is 18.9. The molecule has 15 rings (SSSR count). The van der Waals surface area contributed by atoms with E-state index >= 15 is 0 Å². The van der Waals surface area contributed by atoms with E-state index in [2.05, 4.69) is 76.5 Å². The van der Waals surface area contributed by atoms with Crippen LogP contribution >= 0.6 is 68.8 Å². The second kappa shape index (κ2) is 40.6. The molecule has 0 saturated carbocycles. The van der Waals surface area contributed by atoms with Gasteiger partial charge in [0.25, 0.3) is 46.7 Å². The van der Waals surface area contributed by atoms with Gasteiger partial charge >= 0.3 is 18.1 Å². The fraction of sp³-hybridized carbons (Fsp3) is 0.316.